The van der Waals surface area contributed by atoms with Crippen molar-refractivity contribution in [2.75, 3.05) is 0 Å². The molecule has 0 aliphatic heterocycles. The zero-order valence-corrected chi connectivity index (χ0v) is 12.5. The minimum atomic E-state index is 0. The van der Waals surface area contributed by atoms with E-state index in [4.69, 9.17) is 0 Å². The minimum Gasteiger partial charge on any atom is -0.0158 e. The predicted molar refractivity (Wildman–Crippen MR) is 35.6 cm³/mol. The van der Waals surface area contributed by atoms with Crippen LogP contribution in [0.4, 0.5) is 0 Å². The zero-order valence-electron chi connectivity index (χ0n) is 1.87. The number of hydrogen-bond acceptors (Lipinski definition) is 1. The molecule has 0 unspecified atom stereocenters. The van der Waals surface area contributed by atoms with Gasteiger partial charge in [-0.1, -0.05) is 0 Å². The molecule has 4 heteroatoms. The molecule has 0 aromatic heterocycles. The summed E-state index contributed by atoms with van der Waals surface area (Å²) in [6.07, 6.45) is 1.69. The third kappa shape index (κ3) is 8.83. The van der Waals surface area contributed by atoms with Crippen molar-refractivity contribution in [2.24, 2.45) is 0 Å². The predicted octanol–water partition coefficient (Wildman–Crippen LogP) is 2.42. The van der Waals surface area contributed by atoms with Gasteiger partial charge in [0, 0.05) is 70.1 Å². The van der Waals surface area contributed by atoms with Gasteiger partial charge in [-0.25, -0.2) is 0 Å². The Morgan fingerprint density at radius 2 is 1.25 bits per heavy atom. The van der Waals surface area contributed by atoms with Crippen molar-refractivity contribution in [3.05, 3.63) is 0 Å². The summed E-state index contributed by atoms with van der Waals surface area (Å²) in [5, 5.41) is 0. The third-order valence-electron chi connectivity index (χ3n) is 0. The fraction of sp³-hybridized carbons (Fsp3) is 0. The second-order valence-corrected chi connectivity index (χ2v) is 7.87. The molecule has 0 bridgehead atoms. The molecule has 22 valence electrons. The van der Waals surface area contributed by atoms with Gasteiger partial charge < -0.3 is 0 Å². The monoisotopic (exact) mass is 488 g/mol. The normalized spacial score (nSPS) is 4.50. The van der Waals surface area contributed by atoms with Crippen LogP contribution in [-0.2, 0) is 27.7 Å². The van der Waals surface area contributed by atoms with Gasteiger partial charge >= 0.3 is 0 Å². The molecule has 0 heterocycles. The van der Waals surface area contributed by atoms with Gasteiger partial charge in [-0.3, -0.25) is 0 Å². The molecule has 0 aromatic carbocycles. The first-order valence-corrected chi connectivity index (χ1v) is 6.21. The van der Waals surface area contributed by atoms with Gasteiger partial charge in [0.1, 0.15) is 0 Å². The van der Waals surface area contributed by atoms with Crippen LogP contribution >= 0.6 is 48.5 Å². The maximum Gasteiger partial charge on any atom is 0.00791 e. The van der Waals surface area contributed by atoms with Crippen molar-refractivity contribution in [1.82, 2.24) is 0 Å². The van der Waals surface area contributed by atoms with Crippen LogP contribution in [0.25, 0.3) is 0 Å². The third-order valence-corrected chi connectivity index (χ3v) is 0. The van der Waals surface area contributed by atoms with Crippen LogP contribution in [-0.4, -0.2) is 0 Å². The number of rotatable bonds is 0. The van der Waals surface area contributed by atoms with Crippen LogP contribution in [0.5, 0.6) is 0 Å². The summed E-state index contributed by atoms with van der Waals surface area (Å²) >= 11 is 4.38. The molecule has 0 nitrogen and oxygen atoms in total. The molecular formula is HgI2S. The second kappa shape index (κ2) is 9.22. The topological polar surface area (TPSA) is 0 Å². The Kier molecular flexibility index (Phi) is 22.8. The average molecular weight is 486 g/mol. The first kappa shape index (κ1) is 9.89. The molecule has 4 heavy (non-hydrogen) atoms. The summed E-state index contributed by atoms with van der Waals surface area (Å²) in [6.45, 7) is 0. The molecule has 0 amide bonds. The van der Waals surface area contributed by atoms with Gasteiger partial charge in [-0.05, 0) is 6.10 Å². The van der Waals surface area contributed by atoms with Gasteiger partial charge in [0.05, 0.1) is 0 Å². The Morgan fingerprint density at radius 3 is 1.25 bits per heavy atom. The maximum absolute atomic E-state index is 2.19. The smallest absolute Gasteiger partial charge is 0.00791 e. The van der Waals surface area contributed by atoms with Gasteiger partial charge in [0.25, 0.3) is 0 Å². The van der Waals surface area contributed by atoms with E-state index < -0.39 is 0 Å². The van der Waals surface area contributed by atoms with E-state index in [1.807, 2.05) is 0 Å². The van der Waals surface area contributed by atoms with E-state index in [2.05, 4.69) is 42.4 Å². The molecule has 0 saturated carbocycles. The van der Waals surface area contributed by atoms with Crippen LogP contribution < -0.4 is 0 Å². The summed E-state index contributed by atoms with van der Waals surface area (Å²) < 4.78 is 0. The molecule has 0 aromatic rings. The van der Waals surface area contributed by atoms with Gasteiger partial charge in [0.2, 0.25) is 0 Å². The quantitative estimate of drug-likeness (QED) is 0.375. The van der Waals surface area contributed by atoms with E-state index in [0.29, 0.717) is 0 Å². The van der Waals surface area contributed by atoms with Crippen LogP contribution in [0.1, 0.15) is 0 Å². The van der Waals surface area contributed by atoms with Crippen LogP contribution in [0.15, 0.2) is 0 Å². The van der Waals surface area contributed by atoms with Crippen LogP contribution in [0.2, 0.25) is 0 Å². The molecule has 0 radical (unpaired) electrons. The summed E-state index contributed by atoms with van der Waals surface area (Å²) in [5.41, 5.74) is 0. The Morgan fingerprint density at radius 1 is 1.25 bits per heavy atom. The largest absolute Gasteiger partial charge is 0.0158 e. The standard InChI is InChI=1S/Hg.I2S/c;1-3-2. The molecule has 0 spiro atoms. The molecule has 0 N–H and O–H groups in total. The maximum atomic E-state index is 2.19. The van der Waals surface area contributed by atoms with Gasteiger partial charge in [0.15, 0.2) is 0 Å². The van der Waals surface area contributed by atoms with E-state index >= 15 is 0 Å². The van der Waals surface area contributed by atoms with Crippen molar-refractivity contribution in [3.8, 4) is 0 Å². The summed E-state index contributed by atoms with van der Waals surface area (Å²) in [6, 6.07) is 0. The molecule has 0 aliphatic rings. The Bertz CT molecular complexity index is 6.00. The van der Waals surface area contributed by atoms with Crippen LogP contribution in [0, 0.1) is 0 Å². The minimum absolute atomic E-state index is 0. The first-order chi connectivity index (χ1) is 1.41. The van der Waals surface area contributed by atoms with E-state index in [0.717, 1.165) is 0 Å². The van der Waals surface area contributed by atoms with Gasteiger partial charge in [-0.15, -0.1) is 0 Å². The first-order valence-electron chi connectivity index (χ1n) is 0.309. The molecule has 0 fully saturated rings. The van der Waals surface area contributed by atoms with E-state index in [-0.39, 0.29) is 27.7 Å². The average Bonchev–Trinajstić information content (AvgIpc) is 0.918. The molecule has 0 atom stereocenters. The Hall–Kier alpha value is 2.75. The fourth-order valence-electron chi connectivity index (χ4n) is 0. The Balaban J connectivity index is 0. The van der Waals surface area contributed by atoms with E-state index in [1.54, 1.807) is 6.10 Å². The van der Waals surface area contributed by atoms with Gasteiger partial charge in [-0.2, -0.15) is 0 Å². The van der Waals surface area contributed by atoms with Crippen molar-refractivity contribution < 1.29 is 27.7 Å². The van der Waals surface area contributed by atoms with E-state index in [1.165, 1.54) is 0 Å². The van der Waals surface area contributed by atoms with Crippen molar-refractivity contribution in [1.29, 1.82) is 0 Å². The summed E-state index contributed by atoms with van der Waals surface area (Å²) in [5.74, 6) is 0. The number of halogens is 2. The van der Waals surface area contributed by atoms with Crippen molar-refractivity contribution >= 4 is 48.5 Å². The molecule has 0 saturated heterocycles. The second-order valence-electron chi connectivity index (χ2n) is 0.0583. The molecule has 0 rings (SSSR count). The Labute approximate surface area is 74.5 Å². The number of hydrogen-bond donors (Lipinski definition) is 0. The zero-order chi connectivity index (χ0) is 2.71. The fourth-order valence-corrected chi connectivity index (χ4v) is 0. The summed E-state index contributed by atoms with van der Waals surface area (Å²) in [7, 11) is 0. The van der Waals surface area contributed by atoms with Crippen molar-refractivity contribution in [2.45, 2.75) is 0 Å². The summed E-state index contributed by atoms with van der Waals surface area (Å²) in [4.78, 5) is 0. The molecule has 0 aliphatic carbocycles. The molecular weight excluding hydrogens is 486 g/mol. The SMILES string of the molecule is ISI.[Hg]. The van der Waals surface area contributed by atoms with E-state index in [9.17, 15) is 0 Å². The van der Waals surface area contributed by atoms with Crippen LogP contribution in [0.3, 0.4) is 0 Å². The van der Waals surface area contributed by atoms with Crippen molar-refractivity contribution in [3.63, 3.8) is 0 Å².